The zero-order valence-corrected chi connectivity index (χ0v) is 16.1. The van der Waals surface area contributed by atoms with Crippen molar-refractivity contribution in [1.82, 2.24) is 0 Å². The second-order valence-electron chi connectivity index (χ2n) is 5.66. The van der Waals surface area contributed by atoms with Crippen LogP contribution in [-0.2, 0) is 0 Å². The number of amides is 1. The molecule has 0 atom stereocenters. The van der Waals surface area contributed by atoms with Crippen molar-refractivity contribution in [3.8, 4) is 17.2 Å². The van der Waals surface area contributed by atoms with Gasteiger partial charge in [0.25, 0.3) is 5.91 Å². The topological polar surface area (TPSA) is 56.8 Å². The number of benzene rings is 2. The zero-order chi connectivity index (χ0) is 18.9. The normalized spacial score (nSPS) is 10.3. The lowest BCUT2D eigenvalue weighted by atomic mass is 10.1. The molecule has 0 radical (unpaired) electrons. The van der Waals surface area contributed by atoms with Gasteiger partial charge >= 0.3 is 0 Å². The maximum Gasteiger partial charge on any atom is 0.255 e. The minimum Gasteiger partial charge on any atom is -0.495 e. The Labute approximate surface area is 159 Å². The molecule has 0 aliphatic carbocycles. The van der Waals surface area contributed by atoms with E-state index in [2.05, 4.69) is 5.32 Å². The largest absolute Gasteiger partial charge is 0.495 e. The molecule has 0 unspecified atom stereocenters. The van der Waals surface area contributed by atoms with Gasteiger partial charge in [0.15, 0.2) is 11.5 Å². The molecule has 0 aromatic heterocycles. The number of methoxy groups -OCH3 is 1. The second kappa shape index (κ2) is 9.92. The molecule has 2 rings (SSSR count). The van der Waals surface area contributed by atoms with E-state index in [1.165, 1.54) is 7.11 Å². The predicted octanol–water partition coefficient (Wildman–Crippen LogP) is 5.18. The monoisotopic (exact) mass is 377 g/mol. The molecule has 5 nitrogen and oxygen atoms in total. The van der Waals surface area contributed by atoms with Crippen LogP contribution in [0, 0.1) is 0 Å². The summed E-state index contributed by atoms with van der Waals surface area (Å²) in [5, 5.41) is 3.33. The van der Waals surface area contributed by atoms with E-state index in [1.807, 2.05) is 13.8 Å². The highest BCUT2D eigenvalue weighted by atomic mass is 35.5. The molecule has 26 heavy (non-hydrogen) atoms. The molecule has 0 spiro atoms. The minimum atomic E-state index is -0.283. The van der Waals surface area contributed by atoms with Gasteiger partial charge in [-0.05, 0) is 49.2 Å². The summed E-state index contributed by atoms with van der Waals surface area (Å²) in [6.07, 6.45) is 1.76. The molecule has 1 amide bonds. The summed E-state index contributed by atoms with van der Waals surface area (Å²) in [5.41, 5.74) is 0.967. The fourth-order valence-corrected chi connectivity index (χ4v) is 2.45. The lowest BCUT2D eigenvalue weighted by molar-refractivity contribution is 0.102. The van der Waals surface area contributed by atoms with Crippen LogP contribution in [0.4, 0.5) is 5.69 Å². The van der Waals surface area contributed by atoms with Gasteiger partial charge in [0.05, 0.1) is 26.0 Å². The molecule has 0 saturated carbocycles. The molecule has 2 aromatic carbocycles. The van der Waals surface area contributed by atoms with Gasteiger partial charge in [-0.15, -0.1) is 0 Å². The summed E-state index contributed by atoms with van der Waals surface area (Å²) in [5.74, 6) is 1.45. The molecule has 1 N–H and O–H groups in total. The Kier molecular flexibility index (Phi) is 7.60. The first-order chi connectivity index (χ1) is 12.6. The summed E-state index contributed by atoms with van der Waals surface area (Å²) in [6.45, 7) is 5.20. The number of hydrogen-bond acceptors (Lipinski definition) is 4. The Balaban J connectivity index is 2.24. The third-order valence-corrected chi connectivity index (χ3v) is 3.77. The van der Waals surface area contributed by atoms with E-state index in [0.717, 1.165) is 12.8 Å². The number of rotatable bonds is 9. The Morgan fingerprint density at radius 1 is 0.962 bits per heavy atom. The fraction of sp³-hybridized carbons (Fsp3) is 0.350. The summed E-state index contributed by atoms with van der Waals surface area (Å²) < 4.78 is 16.7. The van der Waals surface area contributed by atoms with E-state index in [0.29, 0.717) is 46.7 Å². The van der Waals surface area contributed by atoms with Crippen LogP contribution in [0.5, 0.6) is 17.2 Å². The number of carbonyl (C=O) groups is 1. The van der Waals surface area contributed by atoms with Gasteiger partial charge in [-0.1, -0.05) is 25.4 Å². The van der Waals surface area contributed by atoms with Gasteiger partial charge in [0.2, 0.25) is 0 Å². The van der Waals surface area contributed by atoms with Gasteiger partial charge in [0.1, 0.15) is 5.75 Å². The average Bonchev–Trinajstić information content (AvgIpc) is 2.65. The number of ether oxygens (including phenoxy) is 3. The first-order valence-electron chi connectivity index (χ1n) is 8.63. The maximum atomic E-state index is 12.6. The van der Waals surface area contributed by atoms with Gasteiger partial charge in [0, 0.05) is 10.6 Å². The Morgan fingerprint density at radius 2 is 1.62 bits per heavy atom. The van der Waals surface area contributed by atoms with Crippen molar-refractivity contribution in [2.45, 2.75) is 26.7 Å². The summed E-state index contributed by atoms with van der Waals surface area (Å²) in [6, 6.07) is 10.2. The zero-order valence-electron chi connectivity index (χ0n) is 15.3. The van der Waals surface area contributed by atoms with E-state index in [4.69, 9.17) is 25.8 Å². The van der Waals surface area contributed by atoms with Crippen molar-refractivity contribution in [2.75, 3.05) is 25.6 Å². The molecule has 2 aromatic rings. The SMILES string of the molecule is CCCOc1ccc(C(=O)Nc2cc(Cl)ccc2OC)cc1OCCC. The lowest BCUT2D eigenvalue weighted by Gasteiger charge is -2.14. The van der Waals surface area contributed by atoms with E-state index in [9.17, 15) is 4.79 Å². The van der Waals surface area contributed by atoms with Crippen molar-refractivity contribution in [2.24, 2.45) is 0 Å². The first kappa shape index (κ1) is 19.9. The quantitative estimate of drug-likeness (QED) is 0.654. The molecule has 0 bridgehead atoms. The molecule has 0 heterocycles. The van der Waals surface area contributed by atoms with Crippen molar-refractivity contribution in [3.63, 3.8) is 0 Å². The third kappa shape index (κ3) is 5.30. The molecule has 0 fully saturated rings. The molecule has 0 aliphatic rings. The number of halogens is 1. The smallest absolute Gasteiger partial charge is 0.255 e. The lowest BCUT2D eigenvalue weighted by Crippen LogP contribution is -2.13. The highest BCUT2D eigenvalue weighted by Crippen LogP contribution is 2.31. The van der Waals surface area contributed by atoms with Crippen molar-refractivity contribution >= 4 is 23.2 Å². The number of nitrogens with one attached hydrogen (secondary N) is 1. The minimum absolute atomic E-state index is 0.283. The van der Waals surface area contributed by atoms with Crippen molar-refractivity contribution in [3.05, 3.63) is 47.0 Å². The van der Waals surface area contributed by atoms with Crippen LogP contribution < -0.4 is 19.5 Å². The molecular formula is C20H24ClNO4. The summed E-state index contributed by atoms with van der Waals surface area (Å²) in [7, 11) is 1.54. The molecule has 6 heteroatoms. The van der Waals surface area contributed by atoms with Crippen molar-refractivity contribution < 1.29 is 19.0 Å². The highest BCUT2D eigenvalue weighted by molar-refractivity contribution is 6.31. The van der Waals surface area contributed by atoms with Crippen LogP contribution in [0.1, 0.15) is 37.0 Å². The summed E-state index contributed by atoms with van der Waals surface area (Å²) >= 11 is 6.01. The number of hydrogen-bond donors (Lipinski definition) is 1. The van der Waals surface area contributed by atoms with Crippen LogP contribution in [0.15, 0.2) is 36.4 Å². The molecule has 0 aliphatic heterocycles. The van der Waals surface area contributed by atoms with Gasteiger partial charge in [-0.25, -0.2) is 0 Å². The van der Waals surface area contributed by atoms with E-state index in [1.54, 1.807) is 36.4 Å². The second-order valence-corrected chi connectivity index (χ2v) is 6.09. The average molecular weight is 378 g/mol. The fourth-order valence-electron chi connectivity index (χ4n) is 2.28. The van der Waals surface area contributed by atoms with E-state index in [-0.39, 0.29) is 5.91 Å². The number of anilines is 1. The van der Waals surface area contributed by atoms with Gasteiger partial charge in [-0.2, -0.15) is 0 Å². The maximum absolute atomic E-state index is 12.6. The molecule has 140 valence electrons. The Morgan fingerprint density at radius 3 is 2.27 bits per heavy atom. The van der Waals surface area contributed by atoms with Crippen LogP contribution in [-0.4, -0.2) is 26.2 Å². The van der Waals surface area contributed by atoms with Crippen LogP contribution in [0.2, 0.25) is 5.02 Å². The standard InChI is InChI=1S/C20H24ClNO4/c1-4-10-25-18-8-6-14(12-19(18)26-11-5-2)20(23)22-16-13-15(21)7-9-17(16)24-3/h6-9,12-13H,4-5,10-11H2,1-3H3,(H,22,23). The summed E-state index contributed by atoms with van der Waals surface area (Å²) in [4.78, 5) is 12.6. The first-order valence-corrected chi connectivity index (χ1v) is 9.01. The third-order valence-electron chi connectivity index (χ3n) is 3.54. The van der Waals surface area contributed by atoms with E-state index >= 15 is 0 Å². The molecular weight excluding hydrogens is 354 g/mol. The van der Waals surface area contributed by atoms with E-state index < -0.39 is 0 Å². The predicted molar refractivity (Wildman–Crippen MR) is 104 cm³/mol. The van der Waals surface area contributed by atoms with Crippen LogP contribution in [0.25, 0.3) is 0 Å². The number of carbonyl (C=O) groups excluding carboxylic acids is 1. The Hall–Kier alpha value is -2.40. The van der Waals surface area contributed by atoms with Gasteiger partial charge < -0.3 is 19.5 Å². The Bertz CT molecular complexity index is 749. The van der Waals surface area contributed by atoms with Gasteiger partial charge in [-0.3, -0.25) is 4.79 Å². The highest BCUT2D eigenvalue weighted by Gasteiger charge is 2.14. The van der Waals surface area contributed by atoms with Crippen LogP contribution >= 0.6 is 11.6 Å². The van der Waals surface area contributed by atoms with Crippen LogP contribution in [0.3, 0.4) is 0 Å². The molecule has 0 saturated heterocycles. The van der Waals surface area contributed by atoms with Crippen molar-refractivity contribution in [1.29, 1.82) is 0 Å².